The van der Waals surface area contributed by atoms with Gasteiger partial charge in [-0.2, -0.15) is 0 Å². The van der Waals surface area contributed by atoms with E-state index < -0.39 is 0 Å². The van der Waals surface area contributed by atoms with Crippen LogP contribution in [-0.4, -0.2) is 4.57 Å². The molecule has 0 spiro atoms. The lowest BCUT2D eigenvalue weighted by atomic mass is 10.1. The molecule has 190 valence electrons. The summed E-state index contributed by atoms with van der Waals surface area (Å²) in [4.78, 5) is 2.33. The first kappa shape index (κ1) is 23.8. The number of aromatic nitrogens is 1. The first-order valence-electron chi connectivity index (χ1n) is 13.6. The molecule has 2 nitrogen and oxygen atoms in total. The summed E-state index contributed by atoms with van der Waals surface area (Å²) < 4.78 is 2.36. The van der Waals surface area contributed by atoms with Crippen molar-refractivity contribution in [2.45, 2.75) is 0 Å². The van der Waals surface area contributed by atoms with Crippen molar-refractivity contribution in [1.82, 2.24) is 4.57 Å². The summed E-state index contributed by atoms with van der Waals surface area (Å²) in [6, 6.07) is 55.8. The van der Waals surface area contributed by atoms with Crippen molar-refractivity contribution in [3.05, 3.63) is 169 Å². The Morgan fingerprint density at radius 3 is 1.62 bits per heavy atom. The number of benzene rings is 6. The molecule has 7 rings (SSSR count). The summed E-state index contributed by atoms with van der Waals surface area (Å²) in [5, 5.41) is 2.54. The summed E-state index contributed by atoms with van der Waals surface area (Å²) in [7, 11) is 0. The van der Waals surface area contributed by atoms with Gasteiger partial charge in [0.1, 0.15) is 0 Å². The van der Waals surface area contributed by atoms with Crippen LogP contribution >= 0.6 is 0 Å². The van der Waals surface area contributed by atoms with E-state index in [0.29, 0.717) is 0 Å². The van der Waals surface area contributed by atoms with E-state index in [2.05, 4.69) is 173 Å². The summed E-state index contributed by atoms with van der Waals surface area (Å²) in [6.45, 7) is 0. The van der Waals surface area contributed by atoms with Crippen molar-refractivity contribution in [3.63, 3.8) is 0 Å². The zero-order valence-electron chi connectivity index (χ0n) is 22.1. The van der Waals surface area contributed by atoms with Gasteiger partial charge in [-0.05, 0) is 65.7 Å². The van der Waals surface area contributed by atoms with Gasteiger partial charge in [-0.3, -0.25) is 0 Å². The Morgan fingerprint density at radius 1 is 0.425 bits per heavy atom. The topological polar surface area (TPSA) is 8.17 Å². The van der Waals surface area contributed by atoms with Crippen LogP contribution in [0, 0.1) is 0 Å². The molecule has 1 aromatic heterocycles. The van der Waals surface area contributed by atoms with Crippen molar-refractivity contribution in [1.29, 1.82) is 0 Å². The van der Waals surface area contributed by atoms with Crippen LogP contribution in [0.5, 0.6) is 0 Å². The van der Waals surface area contributed by atoms with Crippen LogP contribution in [0.2, 0.25) is 0 Å². The fourth-order valence-electron chi connectivity index (χ4n) is 5.54. The zero-order valence-corrected chi connectivity index (χ0v) is 22.1. The molecule has 1 heterocycles. The standard InChI is InChI=1S/C38H28N2/c1-3-13-29(14-4-1)23-24-30-15-7-10-20-36(30)39(31-16-5-2-6-17-31)32-25-27-33(28-26-32)40-37-21-11-8-18-34(37)35-19-9-12-22-38(35)40/h1-28H/b24-23+. The van der Waals surface area contributed by atoms with Gasteiger partial charge in [0.25, 0.3) is 0 Å². The predicted octanol–water partition coefficient (Wildman–Crippen LogP) is 10.4. The Hall–Kier alpha value is -5.34. The molecule has 0 aliphatic rings. The van der Waals surface area contributed by atoms with Crippen LogP contribution in [0.4, 0.5) is 17.1 Å². The molecule has 2 heteroatoms. The van der Waals surface area contributed by atoms with Crippen LogP contribution in [0.15, 0.2) is 158 Å². The van der Waals surface area contributed by atoms with Crippen molar-refractivity contribution in [2.24, 2.45) is 0 Å². The van der Waals surface area contributed by atoms with Gasteiger partial charge >= 0.3 is 0 Å². The predicted molar refractivity (Wildman–Crippen MR) is 171 cm³/mol. The fraction of sp³-hybridized carbons (Fsp3) is 0. The first-order valence-corrected chi connectivity index (χ1v) is 13.6. The molecular formula is C38H28N2. The number of nitrogens with zero attached hydrogens (tertiary/aromatic N) is 2. The van der Waals surface area contributed by atoms with E-state index in [0.717, 1.165) is 28.3 Å². The normalized spacial score (nSPS) is 11.4. The lowest BCUT2D eigenvalue weighted by Crippen LogP contribution is -2.11. The third kappa shape index (κ3) is 4.36. The highest BCUT2D eigenvalue weighted by molar-refractivity contribution is 6.09. The summed E-state index contributed by atoms with van der Waals surface area (Å²) >= 11 is 0. The average Bonchev–Trinajstić information content (AvgIpc) is 3.37. The second kappa shape index (κ2) is 10.4. The van der Waals surface area contributed by atoms with Gasteiger partial charge in [0.15, 0.2) is 0 Å². The third-order valence-corrected chi connectivity index (χ3v) is 7.39. The van der Waals surface area contributed by atoms with Crippen LogP contribution in [0.25, 0.3) is 39.6 Å². The maximum Gasteiger partial charge on any atom is 0.0541 e. The van der Waals surface area contributed by atoms with E-state index in [4.69, 9.17) is 0 Å². The third-order valence-electron chi connectivity index (χ3n) is 7.39. The van der Waals surface area contributed by atoms with Gasteiger partial charge in [-0.15, -0.1) is 0 Å². The van der Waals surface area contributed by atoms with Crippen molar-refractivity contribution >= 4 is 51.0 Å². The van der Waals surface area contributed by atoms with Gasteiger partial charge in [-0.25, -0.2) is 0 Å². The fourth-order valence-corrected chi connectivity index (χ4v) is 5.54. The van der Waals surface area contributed by atoms with Gasteiger partial charge in [0.2, 0.25) is 0 Å². The summed E-state index contributed by atoms with van der Waals surface area (Å²) in [5.74, 6) is 0. The van der Waals surface area contributed by atoms with Crippen LogP contribution in [-0.2, 0) is 0 Å². The average molecular weight is 513 g/mol. The Kier molecular flexibility index (Phi) is 6.20. The molecular weight excluding hydrogens is 484 g/mol. The molecule has 6 aromatic carbocycles. The molecule has 0 N–H and O–H groups in total. The highest BCUT2D eigenvalue weighted by Gasteiger charge is 2.16. The van der Waals surface area contributed by atoms with Crippen molar-refractivity contribution < 1.29 is 0 Å². The molecule has 7 aromatic rings. The molecule has 40 heavy (non-hydrogen) atoms. The first-order chi connectivity index (χ1) is 19.9. The number of hydrogen-bond donors (Lipinski definition) is 0. The second-order valence-electron chi connectivity index (χ2n) is 9.86. The minimum atomic E-state index is 1.11. The molecule has 0 aliphatic carbocycles. The Morgan fingerprint density at radius 2 is 0.950 bits per heavy atom. The molecule has 0 unspecified atom stereocenters. The Labute approximate surface area is 234 Å². The molecule has 0 amide bonds. The van der Waals surface area contributed by atoms with Gasteiger partial charge in [-0.1, -0.05) is 115 Å². The molecule has 0 atom stereocenters. The monoisotopic (exact) mass is 512 g/mol. The lowest BCUT2D eigenvalue weighted by molar-refractivity contribution is 1.17. The van der Waals surface area contributed by atoms with Crippen LogP contribution in [0.3, 0.4) is 0 Å². The minimum absolute atomic E-state index is 1.11. The highest BCUT2D eigenvalue weighted by atomic mass is 15.1. The number of rotatable bonds is 6. The summed E-state index contributed by atoms with van der Waals surface area (Å²) in [5.41, 5.74) is 9.27. The van der Waals surface area contributed by atoms with Gasteiger partial charge in [0.05, 0.1) is 16.7 Å². The molecule has 0 saturated heterocycles. The van der Waals surface area contributed by atoms with E-state index >= 15 is 0 Å². The number of hydrogen-bond acceptors (Lipinski definition) is 1. The van der Waals surface area contributed by atoms with E-state index in [9.17, 15) is 0 Å². The Balaban J connectivity index is 1.34. The molecule has 0 bridgehead atoms. The molecule has 0 saturated carbocycles. The molecule has 0 aliphatic heterocycles. The second-order valence-corrected chi connectivity index (χ2v) is 9.86. The lowest BCUT2D eigenvalue weighted by Gasteiger charge is -2.27. The van der Waals surface area contributed by atoms with Crippen LogP contribution < -0.4 is 4.90 Å². The minimum Gasteiger partial charge on any atom is -0.310 e. The number of fused-ring (bicyclic) bond motifs is 3. The van der Waals surface area contributed by atoms with Gasteiger partial charge in [0, 0.05) is 27.8 Å². The number of anilines is 3. The summed E-state index contributed by atoms with van der Waals surface area (Å²) in [6.07, 6.45) is 4.38. The van der Waals surface area contributed by atoms with Crippen LogP contribution in [0.1, 0.15) is 11.1 Å². The Bertz CT molecular complexity index is 1880. The van der Waals surface area contributed by atoms with Crippen molar-refractivity contribution in [3.8, 4) is 5.69 Å². The SMILES string of the molecule is C(=C\c1ccccc1N(c1ccccc1)c1ccc(-n2c3ccccc3c3ccccc32)cc1)/c1ccccc1. The van der Waals surface area contributed by atoms with Gasteiger partial charge < -0.3 is 9.47 Å². The van der Waals surface area contributed by atoms with E-state index in [-0.39, 0.29) is 0 Å². The molecule has 0 radical (unpaired) electrons. The smallest absolute Gasteiger partial charge is 0.0541 e. The van der Waals surface area contributed by atoms with E-state index in [1.807, 2.05) is 6.07 Å². The largest absolute Gasteiger partial charge is 0.310 e. The maximum absolute atomic E-state index is 2.36. The molecule has 0 fully saturated rings. The highest BCUT2D eigenvalue weighted by Crippen LogP contribution is 2.38. The number of para-hydroxylation sites is 4. The van der Waals surface area contributed by atoms with E-state index in [1.54, 1.807) is 0 Å². The maximum atomic E-state index is 2.36. The van der Waals surface area contributed by atoms with Crippen molar-refractivity contribution in [2.75, 3.05) is 4.90 Å². The van der Waals surface area contributed by atoms with E-state index in [1.165, 1.54) is 27.4 Å². The zero-order chi connectivity index (χ0) is 26.7. The quantitative estimate of drug-likeness (QED) is 0.201.